The molecule has 0 aliphatic carbocycles. The van der Waals surface area contributed by atoms with Crippen molar-refractivity contribution in [3.63, 3.8) is 0 Å². The zero-order valence-electron chi connectivity index (χ0n) is 23.1. The van der Waals surface area contributed by atoms with E-state index in [0.717, 1.165) is 0 Å². The number of nitrogens with zero attached hydrogens (tertiary/aromatic N) is 7. The van der Waals surface area contributed by atoms with Crippen LogP contribution in [0.15, 0.2) is 48.9 Å². The number of halogens is 1. The van der Waals surface area contributed by atoms with E-state index in [4.69, 9.17) is 25.8 Å². The van der Waals surface area contributed by atoms with Gasteiger partial charge in [0.15, 0.2) is 28.8 Å². The van der Waals surface area contributed by atoms with Gasteiger partial charge in [-0.2, -0.15) is 5.26 Å². The van der Waals surface area contributed by atoms with E-state index >= 15 is 0 Å². The first-order valence-corrected chi connectivity index (χ1v) is 14.8. The van der Waals surface area contributed by atoms with E-state index in [2.05, 4.69) is 35.9 Å². The number of nitriles is 1. The number of benzene rings is 1. The van der Waals surface area contributed by atoms with Gasteiger partial charge in [-0.3, -0.25) is 9.29 Å². The molecule has 13 nitrogen and oxygen atoms in total. The number of nitrogens with one attached hydrogen (secondary N) is 1. The van der Waals surface area contributed by atoms with Crippen molar-refractivity contribution in [2.45, 2.75) is 44.3 Å². The normalized spacial score (nSPS) is 15.9. The van der Waals surface area contributed by atoms with Crippen LogP contribution < -0.4 is 14.2 Å². The second kappa shape index (κ2) is 11.9. The van der Waals surface area contributed by atoms with E-state index in [1.54, 1.807) is 42.7 Å². The molecular weight excluding hydrogens is 584 g/mol. The Bertz CT molecular complexity index is 1740. The Morgan fingerprint density at radius 3 is 2.62 bits per heavy atom. The summed E-state index contributed by atoms with van der Waals surface area (Å²) in [5.41, 5.74) is 1.41. The summed E-state index contributed by atoms with van der Waals surface area (Å²) in [6.07, 6.45) is 2.93. The molecule has 0 saturated carbocycles. The van der Waals surface area contributed by atoms with Crippen molar-refractivity contribution < 1.29 is 22.6 Å². The molecule has 0 unspecified atom stereocenters. The van der Waals surface area contributed by atoms with Gasteiger partial charge in [0, 0.05) is 24.7 Å². The summed E-state index contributed by atoms with van der Waals surface area (Å²) in [5.74, 6) is 1.09. The molecule has 1 aliphatic rings. The fraction of sp³-hybridized carbons (Fsp3) is 0.333. The molecule has 3 atom stereocenters. The van der Waals surface area contributed by atoms with Gasteiger partial charge in [-0.1, -0.05) is 23.7 Å². The van der Waals surface area contributed by atoms with E-state index in [9.17, 15) is 13.7 Å². The molecular formula is C27H27ClN8O5S. The van der Waals surface area contributed by atoms with Gasteiger partial charge < -0.3 is 14.2 Å². The molecule has 1 N–H and O–H groups in total. The van der Waals surface area contributed by atoms with Gasteiger partial charge in [0.05, 0.1) is 35.9 Å². The number of hydrogen-bond donors (Lipinski definition) is 1. The molecule has 0 fully saturated rings. The Morgan fingerprint density at radius 2 is 1.93 bits per heavy atom. The van der Waals surface area contributed by atoms with Crippen LogP contribution in [0.4, 0.5) is 5.95 Å². The summed E-state index contributed by atoms with van der Waals surface area (Å²) in [5, 5.41) is 17.2. The summed E-state index contributed by atoms with van der Waals surface area (Å²) in [6, 6.07) is 10.1. The Balaban J connectivity index is 1.60. The molecule has 0 radical (unpaired) electrons. The molecule has 15 heteroatoms. The lowest BCUT2D eigenvalue weighted by atomic mass is 10.0. The van der Waals surface area contributed by atoms with Gasteiger partial charge in [-0.05, 0) is 38.5 Å². The van der Waals surface area contributed by atoms with Crippen molar-refractivity contribution in [1.82, 2.24) is 29.7 Å². The minimum atomic E-state index is -4.19. The van der Waals surface area contributed by atoms with Gasteiger partial charge >= 0.3 is 0 Å². The first-order valence-electron chi connectivity index (χ1n) is 12.9. The molecule has 5 rings (SSSR count). The van der Waals surface area contributed by atoms with Gasteiger partial charge in [0.1, 0.15) is 18.0 Å². The van der Waals surface area contributed by atoms with Crippen LogP contribution in [0.5, 0.6) is 11.5 Å². The van der Waals surface area contributed by atoms with E-state index in [1.807, 2.05) is 6.07 Å². The summed E-state index contributed by atoms with van der Waals surface area (Å²) in [4.78, 5) is 12.8. The average molecular weight is 611 g/mol. The minimum Gasteiger partial charge on any atom is -0.493 e. The molecule has 0 amide bonds. The second-order valence-electron chi connectivity index (χ2n) is 9.69. The van der Waals surface area contributed by atoms with Gasteiger partial charge in [0.2, 0.25) is 16.0 Å². The Kier molecular flexibility index (Phi) is 8.26. The summed E-state index contributed by atoms with van der Waals surface area (Å²) >= 11 is 5.95. The highest BCUT2D eigenvalue weighted by Crippen LogP contribution is 2.42. The number of methoxy groups -OCH3 is 1. The summed E-state index contributed by atoms with van der Waals surface area (Å²) in [6.45, 7) is 5.10. The van der Waals surface area contributed by atoms with Crippen LogP contribution in [0.1, 0.15) is 49.9 Å². The maximum Gasteiger partial charge on any atom is 0.240 e. The van der Waals surface area contributed by atoms with E-state index in [1.165, 1.54) is 32.6 Å². The third kappa shape index (κ3) is 5.71. The molecule has 4 heterocycles. The van der Waals surface area contributed by atoms with Crippen molar-refractivity contribution in [2.75, 3.05) is 18.4 Å². The molecule has 1 aromatic carbocycles. The lowest BCUT2D eigenvalue weighted by molar-refractivity contribution is 0.00154. The summed E-state index contributed by atoms with van der Waals surface area (Å²) in [7, 11) is -2.69. The van der Waals surface area contributed by atoms with Crippen LogP contribution in [0.25, 0.3) is 11.5 Å². The SMILES string of the molecule is COc1ccnc2c1OC[C@H](c1cccc(C#N)c1)n1c(NS(=O)(=O)[C@@H](C)[C@@H](OC(C)C)c3ncc(Cl)cn3)nnc1-2. The topological polar surface area (TPSA) is 167 Å². The number of aromatic nitrogens is 6. The van der Waals surface area contributed by atoms with E-state index in [-0.39, 0.29) is 30.3 Å². The lowest BCUT2D eigenvalue weighted by Crippen LogP contribution is -2.35. The number of anilines is 1. The molecule has 0 saturated heterocycles. The van der Waals surface area contributed by atoms with Crippen molar-refractivity contribution in [2.24, 2.45) is 0 Å². The predicted octanol–water partition coefficient (Wildman–Crippen LogP) is 3.94. The zero-order chi connectivity index (χ0) is 30.0. The number of rotatable bonds is 9. The number of ether oxygens (including phenoxy) is 3. The standard InChI is InChI=1S/C27H27ClN8O5S/c1-15(2)41-23(25-31-12-19(28)13-32-25)16(3)42(37,38)35-27-34-33-26-22-24(21(39-4)8-9-30-22)40-14-20(36(26)27)18-7-5-6-17(10-18)11-29/h5-10,12-13,15-16,20,23H,14H2,1-4H3,(H,34,35)/t16-,20+,23+/m0/s1. The zero-order valence-corrected chi connectivity index (χ0v) is 24.7. The van der Waals surface area contributed by atoms with Gasteiger partial charge in [-0.15, -0.1) is 10.2 Å². The van der Waals surface area contributed by atoms with Crippen molar-refractivity contribution in [3.05, 3.63) is 70.9 Å². The molecule has 4 aromatic rings. The predicted molar refractivity (Wildman–Crippen MR) is 153 cm³/mol. The molecule has 3 aromatic heterocycles. The molecule has 218 valence electrons. The fourth-order valence-corrected chi connectivity index (χ4v) is 5.72. The maximum absolute atomic E-state index is 13.9. The monoisotopic (exact) mass is 610 g/mol. The Labute approximate surface area is 247 Å². The number of fused-ring (bicyclic) bond motifs is 3. The van der Waals surface area contributed by atoms with E-state index in [0.29, 0.717) is 33.3 Å². The average Bonchev–Trinajstić information content (AvgIpc) is 3.29. The summed E-state index contributed by atoms with van der Waals surface area (Å²) < 4.78 is 49.5. The lowest BCUT2D eigenvalue weighted by Gasteiger charge is -2.26. The van der Waals surface area contributed by atoms with Crippen molar-refractivity contribution in [3.8, 4) is 29.1 Å². The van der Waals surface area contributed by atoms with Crippen LogP contribution in [-0.2, 0) is 14.8 Å². The number of hydrogen-bond acceptors (Lipinski definition) is 11. The first kappa shape index (κ1) is 29.2. The van der Waals surface area contributed by atoms with Crippen molar-refractivity contribution in [1.29, 1.82) is 5.26 Å². The van der Waals surface area contributed by atoms with Crippen LogP contribution in [-0.4, -0.2) is 63.2 Å². The van der Waals surface area contributed by atoms with Gasteiger partial charge in [-0.25, -0.2) is 23.4 Å². The number of sulfonamides is 1. The third-order valence-electron chi connectivity index (χ3n) is 6.56. The first-order chi connectivity index (χ1) is 20.1. The largest absolute Gasteiger partial charge is 0.493 e. The fourth-order valence-electron chi connectivity index (χ4n) is 4.53. The Hall–Kier alpha value is -4.32. The minimum absolute atomic E-state index is 0.0386. The third-order valence-corrected chi connectivity index (χ3v) is 8.44. The molecule has 0 spiro atoms. The van der Waals surface area contributed by atoms with E-state index < -0.39 is 27.4 Å². The maximum atomic E-state index is 13.9. The number of pyridine rings is 1. The smallest absolute Gasteiger partial charge is 0.240 e. The van der Waals surface area contributed by atoms with Crippen LogP contribution >= 0.6 is 11.6 Å². The van der Waals surface area contributed by atoms with Gasteiger partial charge in [0.25, 0.3) is 0 Å². The van der Waals surface area contributed by atoms with Crippen LogP contribution in [0, 0.1) is 11.3 Å². The Morgan fingerprint density at radius 1 is 1.17 bits per heavy atom. The molecule has 1 aliphatic heterocycles. The van der Waals surface area contributed by atoms with Crippen LogP contribution in [0.2, 0.25) is 5.02 Å². The highest BCUT2D eigenvalue weighted by molar-refractivity contribution is 7.93. The second-order valence-corrected chi connectivity index (χ2v) is 12.2. The quantitative estimate of drug-likeness (QED) is 0.291. The highest BCUT2D eigenvalue weighted by Gasteiger charge is 2.38. The van der Waals surface area contributed by atoms with Crippen LogP contribution in [0.3, 0.4) is 0 Å². The highest BCUT2D eigenvalue weighted by atomic mass is 35.5. The molecule has 0 bridgehead atoms. The van der Waals surface area contributed by atoms with Crippen molar-refractivity contribution >= 4 is 27.6 Å². The molecule has 42 heavy (non-hydrogen) atoms.